The van der Waals surface area contributed by atoms with Gasteiger partial charge in [0.2, 0.25) is 10.0 Å². The fourth-order valence-corrected chi connectivity index (χ4v) is 3.23. The smallest absolute Gasteiger partial charge is 0.240 e. The molecule has 1 N–H and O–H groups in total. The van der Waals surface area contributed by atoms with Gasteiger partial charge in [-0.25, -0.2) is 13.1 Å². The first kappa shape index (κ1) is 15.8. The topological polar surface area (TPSA) is 55.4 Å². The summed E-state index contributed by atoms with van der Waals surface area (Å²) >= 11 is 5.93. The minimum atomic E-state index is -3.57. The lowest BCUT2D eigenvalue weighted by Gasteiger charge is -2.11. The first-order chi connectivity index (χ1) is 9.92. The Morgan fingerprint density at radius 3 is 2.62 bits per heavy atom. The summed E-state index contributed by atoms with van der Waals surface area (Å²) in [5, 5.41) is 0.528. The highest BCUT2D eigenvalue weighted by molar-refractivity contribution is 7.89. The van der Waals surface area contributed by atoms with Crippen molar-refractivity contribution in [1.82, 2.24) is 4.72 Å². The van der Waals surface area contributed by atoms with E-state index in [1.807, 2.05) is 13.0 Å². The molecule has 0 radical (unpaired) electrons. The van der Waals surface area contributed by atoms with Gasteiger partial charge >= 0.3 is 0 Å². The molecule has 0 aliphatic carbocycles. The summed E-state index contributed by atoms with van der Waals surface area (Å²) in [7, 11) is -2.04. The van der Waals surface area contributed by atoms with Crippen molar-refractivity contribution >= 4 is 21.6 Å². The second-order valence-electron chi connectivity index (χ2n) is 4.60. The Bertz CT molecular complexity index is 744. The predicted octanol–water partition coefficient (Wildman–Crippen LogP) is 3.14. The molecular formula is C15H16ClNO3S. The van der Waals surface area contributed by atoms with Crippen molar-refractivity contribution in [2.45, 2.75) is 18.4 Å². The van der Waals surface area contributed by atoms with E-state index in [0.29, 0.717) is 16.3 Å². The molecule has 0 heterocycles. The molecule has 0 fully saturated rings. The molecule has 0 atom stereocenters. The van der Waals surface area contributed by atoms with Crippen molar-refractivity contribution in [3.8, 4) is 5.75 Å². The van der Waals surface area contributed by atoms with Crippen molar-refractivity contribution in [2.75, 3.05) is 7.11 Å². The molecule has 0 saturated heterocycles. The predicted molar refractivity (Wildman–Crippen MR) is 83.2 cm³/mol. The second kappa shape index (κ2) is 6.47. The highest BCUT2D eigenvalue weighted by Crippen LogP contribution is 2.23. The average molecular weight is 326 g/mol. The maximum absolute atomic E-state index is 12.3. The number of aryl methyl sites for hydroxylation is 1. The third-order valence-electron chi connectivity index (χ3n) is 2.99. The Balaban J connectivity index is 2.21. The van der Waals surface area contributed by atoms with Gasteiger partial charge in [0.15, 0.2) is 0 Å². The molecule has 2 rings (SSSR count). The van der Waals surface area contributed by atoms with Gasteiger partial charge in [-0.2, -0.15) is 0 Å². The molecule has 6 heteroatoms. The lowest BCUT2D eigenvalue weighted by Crippen LogP contribution is -2.23. The summed E-state index contributed by atoms with van der Waals surface area (Å²) in [6, 6.07) is 11.8. The van der Waals surface area contributed by atoms with E-state index in [4.69, 9.17) is 16.3 Å². The summed E-state index contributed by atoms with van der Waals surface area (Å²) in [5.74, 6) is 0.589. The number of hydrogen-bond acceptors (Lipinski definition) is 3. The van der Waals surface area contributed by atoms with Crippen molar-refractivity contribution in [3.05, 3.63) is 58.6 Å². The number of nitrogens with one attached hydrogen (secondary N) is 1. The number of sulfonamides is 1. The average Bonchev–Trinajstić information content (AvgIpc) is 2.45. The molecule has 0 spiro atoms. The number of rotatable bonds is 5. The van der Waals surface area contributed by atoms with Crippen molar-refractivity contribution in [2.24, 2.45) is 0 Å². The van der Waals surface area contributed by atoms with Gasteiger partial charge in [-0.05, 0) is 42.8 Å². The summed E-state index contributed by atoms with van der Waals surface area (Å²) < 4.78 is 32.3. The van der Waals surface area contributed by atoms with Crippen molar-refractivity contribution in [1.29, 1.82) is 0 Å². The fraction of sp³-hybridized carbons (Fsp3) is 0.200. The van der Waals surface area contributed by atoms with Crippen LogP contribution in [-0.2, 0) is 16.6 Å². The van der Waals surface area contributed by atoms with Gasteiger partial charge in [0.1, 0.15) is 5.75 Å². The zero-order valence-electron chi connectivity index (χ0n) is 11.8. The first-order valence-electron chi connectivity index (χ1n) is 6.31. The lowest BCUT2D eigenvalue weighted by molar-refractivity contribution is 0.409. The molecule has 0 amide bonds. The zero-order valence-corrected chi connectivity index (χ0v) is 13.3. The van der Waals surface area contributed by atoms with E-state index in [1.54, 1.807) is 36.4 Å². The molecule has 0 saturated carbocycles. The van der Waals surface area contributed by atoms with Gasteiger partial charge in [-0.3, -0.25) is 0 Å². The molecule has 0 unspecified atom stereocenters. The van der Waals surface area contributed by atoms with Crippen LogP contribution < -0.4 is 9.46 Å². The van der Waals surface area contributed by atoms with E-state index < -0.39 is 10.0 Å². The zero-order chi connectivity index (χ0) is 15.5. The number of halogens is 1. The van der Waals surface area contributed by atoms with Crippen LogP contribution in [0.4, 0.5) is 0 Å². The SMILES string of the molecule is COc1ccc(Cl)cc1CNS(=O)(=O)c1cccc(C)c1. The number of benzene rings is 2. The molecule has 2 aromatic rings. The quantitative estimate of drug-likeness (QED) is 0.918. The van der Waals surface area contributed by atoms with Gasteiger partial charge < -0.3 is 4.74 Å². The summed E-state index contributed by atoms with van der Waals surface area (Å²) in [6.07, 6.45) is 0. The fourth-order valence-electron chi connectivity index (χ4n) is 1.92. The van der Waals surface area contributed by atoms with Gasteiger partial charge in [-0.1, -0.05) is 23.7 Å². The van der Waals surface area contributed by atoms with E-state index in [1.165, 1.54) is 7.11 Å². The summed E-state index contributed by atoms with van der Waals surface area (Å²) in [4.78, 5) is 0.239. The van der Waals surface area contributed by atoms with Gasteiger partial charge in [0.25, 0.3) is 0 Å². The molecule has 112 valence electrons. The van der Waals surface area contributed by atoms with Crippen molar-refractivity contribution in [3.63, 3.8) is 0 Å². The standard InChI is InChI=1S/C15H16ClNO3S/c1-11-4-3-5-14(8-11)21(18,19)17-10-12-9-13(16)6-7-15(12)20-2/h3-9,17H,10H2,1-2H3. The molecule has 0 aliphatic rings. The summed E-state index contributed by atoms with van der Waals surface area (Å²) in [5.41, 5.74) is 1.57. The lowest BCUT2D eigenvalue weighted by atomic mass is 10.2. The second-order valence-corrected chi connectivity index (χ2v) is 6.80. The number of methoxy groups -OCH3 is 1. The maximum Gasteiger partial charge on any atom is 0.240 e. The van der Waals surface area contributed by atoms with Crippen LogP contribution in [0.2, 0.25) is 5.02 Å². The van der Waals surface area contributed by atoms with Crippen LogP contribution >= 0.6 is 11.6 Å². The van der Waals surface area contributed by atoms with Gasteiger partial charge in [-0.15, -0.1) is 0 Å². The normalized spacial score (nSPS) is 11.4. The van der Waals surface area contributed by atoms with E-state index in [2.05, 4.69) is 4.72 Å². The molecule has 0 bridgehead atoms. The largest absolute Gasteiger partial charge is 0.496 e. The molecular weight excluding hydrogens is 310 g/mol. The third-order valence-corrected chi connectivity index (χ3v) is 4.63. The molecule has 2 aromatic carbocycles. The monoisotopic (exact) mass is 325 g/mol. The highest BCUT2D eigenvalue weighted by atomic mass is 35.5. The van der Waals surface area contributed by atoms with Crippen LogP contribution in [0.25, 0.3) is 0 Å². The van der Waals surface area contributed by atoms with Crippen LogP contribution in [0.1, 0.15) is 11.1 Å². The highest BCUT2D eigenvalue weighted by Gasteiger charge is 2.15. The molecule has 4 nitrogen and oxygen atoms in total. The van der Waals surface area contributed by atoms with Crippen LogP contribution in [0.15, 0.2) is 47.4 Å². The Kier molecular flexibility index (Phi) is 4.88. The Hall–Kier alpha value is -1.56. The van der Waals surface area contributed by atoms with E-state index >= 15 is 0 Å². The number of ether oxygens (including phenoxy) is 1. The van der Waals surface area contributed by atoms with Crippen LogP contribution in [-0.4, -0.2) is 15.5 Å². The first-order valence-corrected chi connectivity index (χ1v) is 8.17. The minimum absolute atomic E-state index is 0.111. The molecule has 0 aromatic heterocycles. The van der Waals surface area contributed by atoms with Gasteiger partial charge in [0.05, 0.1) is 12.0 Å². The van der Waals surface area contributed by atoms with Crippen LogP contribution in [0.3, 0.4) is 0 Å². The summed E-state index contributed by atoms with van der Waals surface area (Å²) in [6.45, 7) is 1.96. The van der Waals surface area contributed by atoms with E-state index in [-0.39, 0.29) is 11.4 Å². The van der Waals surface area contributed by atoms with Gasteiger partial charge in [0, 0.05) is 17.1 Å². The third kappa shape index (κ3) is 3.97. The Labute approximate surface area is 129 Å². The maximum atomic E-state index is 12.3. The Morgan fingerprint density at radius 1 is 1.19 bits per heavy atom. The van der Waals surface area contributed by atoms with E-state index in [0.717, 1.165) is 5.56 Å². The van der Waals surface area contributed by atoms with Crippen LogP contribution in [0, 0.1) is 6.92 Å². The van der Waals surface area contributed by atoms with Crippen LogP contribution in [0.5, 0.6) is 5.75 Å². The number of hydrogen-bond donors (Lipinski definition) is 1. The minimum Gasteiger partial charge on any atom is -0.496 e. The molecule has 21 heavy (non-hydrogen) atoms. The Morgan fingerprint density at radius 2 is 1.95 bits per heavy atom. The van der Waals surface area contributed by atoms with E-state index in [9.17, 15) is 8.42 Å². The van der Waals surface area contributed by atoms with Crippen molar-refractivity contribution < 1.29 is 13.2 Å². The molecule has 0 aliphatic heterocycles.